The van der Waals surface area contributed by atoms with Crippen LogP contribution in [-0.2, 0) is 9.59 Å². The van der Waals surface area contributed by atoms with Gasteiger partial charge in [-0.1, -0.05) is 19.1 Å². The Bertz CT molecular complexity index is 731. The van der Waals surface area contributed by atoms with E-state index in [1.54, 1.807) is 11.0 Å². The molecule has 4 nitrogen and oxygen atoms in total. The lowest BCUT2D eigenvalue weighted by Gasteiger charge is -2.51. The number of carbonyl (C=O) groups excluding carboxylic acids is 2. The molecule has 2 bridgehead atoms. The molecule has 0 radical (unpaired) electrons. The molecule has 0 aromatic heterocycles. The average molecular weight is 362 g/mol. The zero-order chi connectivity index (χ0) is 18.4. The number of piperidine rings is 3. The van der Waals surface area contributed by atoms with Crippen LogP contribution >= 0.6 is 0 Å². The van der Waals surface area contributed by atoms with E-state index in [2.05, 4.69) is 4.90 Å². The Labute approximate surface area is 152 Å². The second-order valence-electron chi connectivity index (χ2n) is 7.73. The average Bonchev–Trinajstić information content (AvgIpc) is 3.07. The van der Waals surface area contributed by atoms with Gasteiger partial charge in [0.25, 0.3) is 5.91 Å². The monoisotopic (exact) mass is 362 g/mol. The van der Waals surface area contributed by atoms with E-state index in [1.807, 2.05) is 6.92 Å². The fraction of sp³-hybridized carbons (Fsp3) is 0.600. The first-order valence-corrected chi connectivity index (χ1v) is 9.54. The highest BCUT2D eigenvalue weighted by atomic mass is 19.2. The summed E-state index contributed by atoms with van der Waals surface area (Å²) in [5, 5.41) is 0. The minimum Gasteiger partial charge on any atom is -0.331 e. The highest BCUT2D eigenvalue weighted by Crippen LogP contribution is 2.47. The van der Waals surface area contributed by atoms with E-state index in [-0.39, 0.29) is 36.8 Å². The molecule has 6 heteroatoms. The topological polar surface area (TPSA) is 40.6 Å². The highest BCUT2D eigenvalue weighted by Gasteiger charge is 2.55. The summed E-state index contributed by atoms with van der Waals surface area (Å²) in [4.78, 5) is 29.0. The van der Waals surface area contributed by atoms with E-state index in [9.17, 15) is 18.4 Å². The number of hydrogen-bond donors (Lipinski definition) is 0. The molecule has 0 N–H and O–H groups in total. The quantitative estimate of drug-likeness (QED) is 0.774. The third-order valence-corrected chi connectivity index (χ3v) is 6.35. The summed E-state index contributed by atoms with van der Waals surface area (Å²) in [6, 6.07) is 4.15. The highest BCUT2D eigenvalue weighted by molar-refractivity contribution is 6.36. The molecule has 4 saturated heterocycles. The van der Waals surface area contributed by atoms with E-state index in [0.29, 0.717) is 17.9 Å². The maximum absolute atomic E-state index is 14.5. The Hall–Kier alpha value is -1.82. The second-order valence-corrected chi connectivity index (χ2v) is 7.73. The molecule has 1 aromatic rings. The van der Waals surface area contributed by atoms with Gasteiger partial charge in [0.05, 0.1) is 6.04 Å². The summed E-state index contributed by atoms with van der Waals surface area (Å²) < 4.78 is 28.3. The van der Waals surface area contributed by atoms with Gasteiger partial charge < -0.3 is 4.90 Å². The molecule has 4 aliphatic rings. The van der Waals surface area contributed by atoms with E-state index in [1.165, 1.54) is 6.07 Å². The van der Waals surface area contributed by atoms with Crippen LogP contribution in [0.3, 0.4) is 0 Å². The Kier molecular flexibility index (Phi) is 4.55. The van der Waals surface area contributed by atoms with Crippen LogP contribution in [-0.4, -0.2) is 53.2 Å². The molecule has 4 fully saturated rings. The van der Waals surface area contributed by atoms with Crippen molar-refractivity contribution >= 4 is 11.7 Å². The minimum atomic E-state index is -0.859. The number of nitrogens with zero attached hydrogens (tertiary/aromatic N) is 2. The van der Waals surface area contributed by atoms with Crippen LogP contribution < -0.4 is 0 Å². The second kappa shape index (κ2) is 6.72. The van der Waals surface area contributed by atoms with Gasteiger partial charge in [-0.25, -0.2) is 8.78 Å². The molecule has 1 amide bonds. The predicted molar refractivity (Wildman–Crippen MR) is 92.6 cm³/mol. The number of Topliss-reactive ketones (excluding diaryl/α,β-unsaturated/α-hetero) is 1. The standard InChI is InChI=1S/C20H24F2N2O2/c1-2-4-16(25)20(26)24-11-14(13-5-3-6-15(21)17(13)22)19-18(24)12-7-9-23(19)10-8-12/h3,5-6,12,14,18-19H,2,4,7-11H2,1H3/t14-,18+,19+/m1/s1. The van der Waals surface area contributed by atoms with Crippen molar-refractivity contribution in [3.8, 4) is 0 Å². The van der Waals surface area contributed by atoms with Gasteiger partial charge in [-0.2, -0.15) is 0 Å². The number of halogens is 2. The first kappa shape index (κ1) is 17.6. The Morgan fingerprint density at radius 2 is 1.88 bits per heavy atom. The molecular weight excluding hydrogens is 338 g/mol. The van der Waals surface area contributed by atoms with Crippen molar-refractivity contribution in [3.63, 3.8) is 0 Å². The van der Waals surface area contributed by atoms with Crippen molar-refractivity contribution in [2.45, 2.75) is 50.6 Å². The van der Waals surface area contributed by atoms with Crippen LogP contribution in [0.2, 0.25) is 0 Å². The van der Waals surface area contributed by atoms with Crippen molar-refractivity contribution in [2.75, 3.05) is 19.6 Å². The van der Waals surface area contributed by atoms with Gasteiger partial charge in [0.15, 0.2) is 11.6 Å². The van der Waals surface area contributed by atoms with E-state index >= 15 is 0 Å². The Morgan fingerprint density at radius 1 is 1.15 bits per heavy atom. The number of fused-ring (bicyclic) bond motifs is 2. The van der Waals surface area contributed by atoms with Gasteiger partial charge in [-0.15, -0.1) is 0 Å². The number of likely N-dealkylation sites (tertiary alicyclic amines) is 1. The maximum Gasteiger partial charge on any atom is 0.290 e. The molecule has 5 rings (SSSR count). The molecule has 26 heavy (non-hydrogen) atoms. The van der Waals surface area contributed by atoms with E-state index in [0.717, 1.165) is 32.0 Å². The van der Waals surface area contributed by atoms with Gasteiger partial charge >= 0.3 is 0 Å². The lowest BCUT2D eigenvalue weighted by molar-refractivity contribution is -0.147. The molecule has 0 saturated carbocycles. The summed E-state index contributed by atoms with van der Waals surface area (Å²) in [5.41, 5.74) is 0.325. The molecule has 0 unspecified atom stereocenters. The minimum absolute atomic E-state index is 0.0304. The summed E-state index contributed by atoms with van der Waals surface area (Å²) >= 11 is 0. The molecule has 4 heterocycles. The molecule has 140 valence electrons. The first-order valence-electron chi connectivity index (χ1n) is 9.54. The lowest BCUT2D eigenvalue weighted by Crippen LogP contribution is -2.61. The third kappa shape index (κ3) is 2.66. The molecule has 3 atom stereocenters. The third-order valence-electron chi connectivity index (χ3n) is 6.35. The number of amides is 1. The largest absolute Gasteiger partial charge is 0.331 e. The molecular formula is C20H24F2N2O2. The fourth-order valence-electron chi connectivity index (χ4n) is 5.23. The number of benzene rings is 1. The number of hydrogen-bond acceptors (Lipinski definition) is 3. The first-order chi connectivity index (χ1) is 12.5. The van der Waals surface area contributed by atoms with Gasteiger partial charge in [0.2, 0.25) is 5.78 Å². The van der Waals surface area contributed by atoms with Crippen LogP contribution in [0.4, 0.5) is 8.78 Å². The summed E-state index contributed by atoms with van der Waals surface area (Å²) in [6.07, 6.45) is 2.85. The van der Waals surface area contributed by atoms with Crippen LogP contribution in [0.5, 0.6) is 0 Å². The van der Waals surface area contributed by atoms with E-state index in [4.69, 9.17) is 0 Å². The number of ketones is 1. The summed E-state index contributed by atoms with van der Waals surface area (Å²) in [5.74, 6) is -2.46. The smallest absolute Gasteiger partial charge is 0.290 e. The number of carbonyl (C=O) groups is 2. The SMILES string of the molecule is CCCC(=O)C(=O)N1C[C@H](c2cccc(F)c2F)[C@H]2[C@@H]1C1CCN2CC1. The van der Waals surface area contributed by atoms with Crippen LogP contribution in [0.25, 0.3) is 0 Å². The van der Waals surface area contributed by atoms with Crippen molar-refractivity contribution in [2.24, 2.45) is 5.92 Å². The van der Waals surface area contributed by atoms with Crippen molar-refractivity contribution in [1.82, 2.24) is 9.80 Å². The van der Waals surface area contributed by atoms with Crippen molar-refractivity contribution < 1.29 is 18.4 Å². The Morgan fingerprint density at radius 3 is 2.58 bits per heavy atom. The van der Waals surface area contributed by atoms with E-state index < -0.39 is 17.5 Å². The van der Waals surface area contributed by atoms with Gasteiger partial charge in [0, 0.05) is 24.9 Å². The van der Waals surface area contributed by atoms with Crippen molar-refractivity contribution in [3.05, 3.63) is 35.4 Å². The van der Waals surface area contributed by atoms with Crippen LogP contribution in [0, 0.1) is 17.6 Å². The number of rotatable bonds is 4. The molecule has 4 aliphatic heterocycles. The predicted octanol–water partition coefficient (Wildman–Crippen LogP) is 2.72. The Balaban J connectivity index is 1.71. The normalized spacial score (nSPS) is 32.6. The van der Waals surface area contributed by atoms with Crippen LogP contribution in [0.15, 0.2) is 18.2 Å². The lowest BCUT2D eigenvalue weighted by atomic mass is 9.75. The summed E-state index contributed by atoms with van der Waals surface area (Å²) in [7, 11) is 0. The van der Waals surface area contributed by atoms with Crippen LogP contribution in [0.1, 0.15) is 44.1 Å². The fourth-order valence-corrected chi connectivity index (χ4v) is 5.23. The maximum atomic E-state index is 14.5. The van der Waals surface area contributed by atoms with Gasteiger partial charge in [-0.3, -0.25) is 14.5 Å². The van der Waals surface area contributed by atoms with Gasteiger partial charge in [0.1, 0.15) is 0 Å². The van der Waals surface area contributed by atoms with Gasteiger partial charge in [-0.05, 0) is 49.9 Å². The molecule has 1 aromatic carbocycles. The zero-order valence-corrected chi connectivity index (χ0v) is 15.0. The summed E-state index contributed by atoms with van der Waals surface area (Å²) in [6.45, 7) is 4.00. The zero-order valence-electron chi connectivity index (χ0n) is 15.0. The molecule has 0 spiro atoms. The molecule has 0 aliphatic carbocycles. The van der Waals surface area contributed by atoms with Crippen molar-refractivity contribution in [1.29, 1.82) is 0 Å².